The van der Waals surface area contributed by atoms with Gasteiger partial charge in [0.05, 0.1) is 0 Å². The standard InChI is InChI=1S/C14H28N2O/c1-11(12-5-6-12)16(4)13(17)7-8-14(2,3)9-10-15/h11-12H,5-10,15H2,1-4H3. The van der Waals surface area contributed by atoms with E-state index in [4.69, 9.17) is 5.73 Å². The molecule has 1 aliphatic carbocycles. The Morgan fingerprint density at radius 2 is 2.00 bits per heavy atom. The van der Waals surface area contributed by atoms with Crippen molar-refractivity contribution < 1.29 is 4.79 Å². The summed E-state index contributed by atoms with van der Waals surface area (Å²) >= 11 is 0. The molecule has 1 amide bonds. The van der Waals surface area contributed by atoms with Gasteiger partial charge in [-0.1, -0.05) is 13.8 Å². The van der Waals surface area contributed by atoms with Crippen molar-refractivity contribution in [1.82, 2.24) is 4.90 Å². The molecule has 1 fully saturated rings. The first kappa shape index (κ1) is 14.5. The molecule has 2 N–H and O–H groups in total. The Kier molecular flexibility index (Phi) is 4.99. The second-order valence-corrected chi connectivity index (χ2v) is 6.29. The first-order chi connectivity index (χ1) is 7.87. The van der Waals surface area contributed by atoms with Crippen LogP contribution < -0.4 is 5.73 Å². The van der Waals surface area contributed by atoms with E-state index >= 15 is 0 Å². The fourth-order valence-corrected chi connectivity index (χ4v) is 2.26. The van der Waals surface area contributed by atoms with Crippen molar-refractivity contribution in [1.29, 1.82) is 0 Å². The van der Waals surface area contributed by atoms with Crippen molar-refractivity contribution in [2.75, 3.05) is 13.6 Å². The molecular formula is C14H28N2O. The zero-order chi connectivity index (χ0) is 13.1. The highest BCUT2D eigenvalue weighted by molar-refractivity contribution is 5.76. The maximum atomic E-state index is 12.1. The molecule has 0 aromatic carbocycles. The summed E-state index contributed by atoms with van der Waals surface area (Å²) in [7, 11) is 1.95. The maximum absolute atomic E-state index is 12.1. The molecule has 1 saturated carbocycles. The Hall–Kier alpha value is -0.570. The summed E-state index contributed by atoms with van der Waals surface area (Å²) in [6.45, 7) is 7.25. The zero-order valence-corrected chi connectivity index (χ0v) is 11.8. The summed E-state index contributed by atoms with van der Waals surface area (Å²) in [5, 5.41) is 0. The van der Waals surface area contributed by atoms with Crippen LogP contribution >= 0.6 is 0 Å². The maximum Gasteiger partial charge on any atom is 0.222 e. The summed E-state index contributed by atoms with van der Waals surface area (Å²) in [4.78, 5) is 14.0. The van der Waals surface area contributed by atoms with Crippen LogP contribution in [0.25, 0.3) is 0 Å². The highest BCUT2D eigenvalue weighted by atomic mass is 16.2. The van der Waals surface area contributed by atoms with Crippen molar-refractivity contribution in [2.45, 2.75) is 58.9 Å². The fourth-order valence-electron chi connectivity index (χ4n) is 2.26. The van der Waals surface area contributed by atoms with Crippen LogP contribution in [0.5, 0.6) is 0 Å². The number of nitrogens with zero attached hydrogens (tertiary/aromatic N) is 1. The summed E-state index contributed by atoms with van der Waals surface area (Å²) in [6.07, 6.45) is 5.16. The topological polar surface area (TPSA) is 46.3 Å². The van der Waals surface area contributed by atoms with Crippen LogP contribution in [0.4, 0.5) is 0 Å². The van der Waals surface area contributed by atoms with Crippen LogP contribution in [0.2, 0.25) is 0 Å². The highest BCUT2D eigenvalue weighted by Crippen LogP contribution is 2.35. The first-order valence-corrected chi connectivity index (χ1v) is 6.83. The largest absolute Gasteiger partial charge is 0.343 e. The average Bonchev–Trinajstić information content (AvgIpc) is 3.07. The quantitative estimate of drug-likeness (QED) is 0.742. The zero-order valence-electron chi connectivity index (χ0n) is 11.8. The molecule has 0 bridgehead atoms. The lowest BCUT2D eigenvalue weighted by atomic mass is 9.84. The number of rotatable bonds is 7. The molecule has 0 aliphatic heterocycles. The first-order valence-electron chi connectivity index (χ1n) is 6.83. The monoisotopic (exact) mass is 240 g/mol. The van der Waals surface area contributed by atoms with Gasteiger partial charge in [-0.25, -0.2) is 0 Å². The Morgan fingerprint density at radius 1 is 1.41 bits per heavy atom. The van der Waals surface area contributed by atoms with Gasteiger partial charge in [0.15, 0.2) is 0 Å². The van der Waals surface area contributed by atoms with Crippen LogP contribution in [-0.2, 0) is 4.79 Å². The molecule has 3 heteroatoms. The van der Waals surface area contributed by atoms with E-state index in [0.717, 1.165) is 18.8 Å². The predicted molar refractivity (Wildman–Crippen MR) is 71.6 cm³/mol. The molecule has 0 heterocycles. The van der Waals surface area contributed by atoms with Gasteiger partial charge in [-0.05, 0) is 50.5 Å². The van der Waals surface area contributed by atoms with Crippen molar-refractivity contribution in [3.63, 3.8) is 0 Å². The van der Waals surface area contributed by atoms with Gasteiger partial charge in [0, 0.05) is 19.5 Å². The van der Waals surface area contributed by atoms with E-state index in [0.29, 0.717) is 19.0 Å². The highest BCUT2D eigenvalue weighted by Gasteiger charge is 2.32. The van der Waals surface area contributed by atoms with Gasteiger partial charge >= 0.3 is 0 Å². The number of amides is 1. The average molecular weight is 240 g/mol. The van der Waals surface area contributed by atoms with Crippen LogP contribution in [0, 0.1) is 11.3 Å². The Balaban J connectivity index is 2.32. The molecule has 1 aliphatic rings. The van der Waals surface area contributed by atoms with E-state index in [1.807, 2.05) is 11.9 Å². The van der Waals surface area contributed by atoms with Gasteiger partial charge in [-0.15, -0.1) is 0 Å². The van der Waals surface area contributed by atoms with Crippen LogP contribution in [0.1, 0.15) is 52.9 Å². The minimum absolute atomic E-state index is 0.189. The van der Waals surface area contributed by atoms with Gasteiger partial charge < -0.3 is 10.6 Å². The van der Waals surface area contributed by atoms with Gasteiger partial charge in [-0.2, -0.15) is 0 Å². The van der Waals surface area contributed by atoms with Crippen LogP contribution in [0.3, 0.4) is 0 Å². The van der Waals surface area contributed by atoms with E-state index in [9.17, 15) is 4.79 Å². The number of hydrogen-bond acceptors (Lipinski definition) is 2. The SMILES string of the molecule is CC(C1CC1)N(C)C(=O)CCC(C)(C)CCN. The lowest BCUT2D eigenvalue weighted by Gasteiger charge is -2.28. The van der Waals surface area contributed by atoms with Crippen molar-refractivity contribution >= 4 is 5.91 Å². The molecule has 100 valence electrons. The third kappa shape index (κ3) is 4.66. The molecule has 1 rings (SSSR count). The predicted octanol–water partition coefficient (Wildman–Crippen LogP) is 2.40. The van der Waals surface area contributed by atoms with E-state index in [-0.39, 0.29) is 11.3 Å². The van der Waals surface area contributed by atoms with Gasteiger partial charge in [0.1, 0.15) is 0 Å². The summed E-state index contributed by atoms with van der Waals surface area (Å²) in [5.41, 5.74) is 5.77. The lowest BCUT2D eigenvalue weighted by molar-refractivity contribution is -0.132. The van der Waals surface area contributed by atoms with Crippen LogP contribution in [-0.4, -0.2) is 30.4 Å². The van der Waals surface area contributed by atoms with Gasteiger partial charge in [-0.3, -0.25) is 4.79 Å². The molecule has 1 atom stereocenters. The Bertz CT molecular complexity index is 259. The molecule has 3 nitrogen and oxygen atoms in total. The molecule has 0 radical (unpaired) electrons. The number of nitrogens with two attached hydrogens (primary N) is 1. The molecule has 0 aromatic rings. The molecule has 1 unspecified atom stereocenters. The van der Waals surface area contributed by atoms with Crippen molar-refractivity contribution in [3.05, 3.63) is 0 Å². The Morgan fingerprint density at radius 3 is 2.47 bits per heavy atom. The minimum Gasteiger partial charge on any atom is -0.343 e. The number of carbonyl (C=O) groups excluding carboxylic acids is 1. The van der Waals surface area contributed by atoms with Gasteiger partial charge in [0.2, 0.25) is 5.91 Å². The normalized spacial score (nSPS) is 17.9. The molecule has 0 spiro atoms. The van der Waals surface area contributed by atoms with Crippen molar-refractivity contribution in [2.24, 2.45) is 17.1 Å². The van der Waals surface area contributed by atoms with E-state index in [1.165, 1.54) is 12.8 Å². The smallest absolute Gasteiger partial charge is 0.222 e. The van der Waals surface area contributed by atoms with Crippen molar-refractivity contribution in [3.8, 4) is 0 Å². The second kappa shape index (κ2) is 5.85. The summed E-state index contributed by atoms with van der Waals surface area (Å²) in [6, 6.07) is 0.417. The lowest BCUT2D eigenvalue weighted by Crippen LogP contribution is -2.36. The Labute approximate surface area is 106 Å². The van der Waals surface area contributed by atoms with Gasteiger partial charge in [0.25, 0.3) is 0 Å². The molecular weight excluding hydrogens is 212 g/mol. The number of hydrogen-bond donors (Lipinski definition) is 1. The minimum atomic E-state index is 0.189. The van der Waals surface area contributed by atoms with E-state index < -0.39 is 0 Å². The second-order valence-electron chi connectivity index (χ2n) is 6.29. The molecule has 17 heavy (non-hydrogen) atoms. The van der Waals surface area contributed by atoms with E-state index in [1.54, 1.807) is 0 Å². The summed E-state index contributed by atoms with van der Waals surface area (Å²) < 4.78 is 0. The van der Waals surface area contributed by atoms with E-state index in [2.05, 4.69) is 20.8 Å². The fraction of sp³-hybridized carbons (Fsp3) is 0.929. The summed E-state index contributed by atoms with van der Waals surface area (Å²) in [5.74, 6) is 1.04. The third-order valence-corrected chi connectivity index (χ3v) is 4.15. The molecule has 0 saturated heterocycles. The third-order valence-electron chi connectivity index (χ3n) is 4.15. The molecule has 0 aromatic heterocycles. The number of carbonyl (C=O) groups is 1. The van der Waals surface area contributed by atoms with Crippen LogP contribution in [0.15, 0.2) is 0 Å².